The minimum atomic E-state index is -5.08. The number of aliphatic carboxylic acids is 2. The lowest BCUT2D eigenvalue weighted by Gasteiger charge is -2.32. The van der Waals surface area contributed by atoms with Crippen LogP contribution in [0.15, 0.2) is 36.8 Å². The predicted molar refractivity (Wildman–Crippen MR) is 115 cm³/mol. The third-order valence-electron chi connectivity index (χ3n) is 5.00. The minimum absolute atomic E-state index is 0.0155. The topological polar surface area (TPSA) is 144 Å². The Morgan fingerprint density at radius 3 is 2.18 bits per heavy atom. The normalized spacial score (nSPS) is 20.6. The van der Waals surface area contributed by atoms with Gasteiger partial charge in [0, 0.05) is 24.9 Å². The third-order valence-corrected chi connectivity index (χ3v) is 5.00. The monoisotopic (exact) mass is 556 g/mol. The molecule has 2 aliphatic rings. The van der Waals surface area contributed by atoms with Gasteiger partial charge in [0.15, 0.2) is 0 Å². The first-order valence-corrected chi connectivity index (χ1v) is 10.7. The lowest BCUT2D eigenvalue weighted by molar-refractivity contribution is -0.193. The number of halogens is 6. The zero-order chi connectivity index (χ0) is 28.5. The number of anilines is 1. The third kappa shape index (κ3) is 8.89. The molecule has 2 N–H and O–H groups in total. The van der Waals surface area contributed by atoms with Crippen molar-refractivity contribution in [3.8, 4) is 11.8 Å². The number of hydrogen-bond donors (Lipinski definition) is 2. The second-order valence-corrected chi connectivity index (χ2v) is 7.55. The number of hydrogen-bond acceptors (Lipinski definition) is 9. The van der Waals surface area contributed by atoms with Gasteiger partial charge in [-0.3, -0.25) is 0 Å². The summed E-state index contributed by atoms with van der Waals surface area (Å²) in [5.41, 5.74) is 0. The molecule has 2 fully saturated rings. The van der Waals surface area contributed by atoms with Crippen molar-refractivity contribution in [2.24, 2.45) is 0 Å². The molecule has 3 atom stereocenters. The molecule has 0 bridgehead atoms. The number of aromatic nitrogens is 3. The van der Waals surface area contributed by atoms with E-state index in [0.717, 1.165) is 25.3 Å². The van der Waals surface area contributed by atoms with E-state index in [1.165, 1.54) is 6.33 Å². The van der Waals surface area contributed by atoms with Crippen LogP contribution in [0, 0.1) is 0 Å². The highest BCUT2D eigenvalue weighted by Crippen LogP contribution is 2.34. The number of carboxylic acid groups (broad SMARTS) is 2. The summed E-state index contributed by atoms with van der Waals surface area (Å²) < 4.78 is 80.8. The molecule has 0 aromatic carbocycles. The number of carboxylic acids is 2. The Hall–Kier alpha value is -3.89. The first kappa shape index (κ1) is 30.3. The molecule has 4 rings (SSSR count). The number of methoxy groups -OCH3 is 1. The zero-order valence-electron chi connectivity index (χ0n) is 19.5. The summed E-state index contributed by atoms with van der Waals surface area (Å²) in [5.74, 6) is -3.49. The van der Waals surface area contributed by atoms with E-state index in [4.69, 9.17) is 34.0 Å². The van der Waals surface area contributed by atoms with Crippen LogP contribution in [0.5, 0.6) is 11.8 Å². The molecule has 38 heavy (non-hydrogen) atoms. The Morgan fingerprint density at radius 1 is 1.03 bits per heavy atom. The number of carbonyl (C=O) groups is 2. The lowest BCUT2D eigenvalue weighted by atomic mass is 10.0. The van der Waals surface area contributed by atoms with Gasteiger partial charge in [-0.15, -0.1) is 0 Å². The van der Waals surface area contributed by atoms with Gasteiger partial charge >= 0.3 is 24.3 Å². The average Bonchev–Trinajstić information content (AvgIpc) is 3.23. The summed E-state index contributed by atoms with van der Waals surface area (Å²) in [6.07, 6.45) is -4.88. The molecule has 0 unspecified atom stereocenters. The van der Waals surface area contributed by atoms with Crippen LogP contribution >= 0.6 is 0 Å². The minimum Gasteiger partial charge on any atom is -0.481 e. The second kappa shape index (κ2) is 13.1. The lowest BCUT2D eigenvalue weighted by Crippen LogP contribution is -2.42. The van der Waals surface area contributed by atoms with Crippen LogP contribution in [-0.2, 0) is 14.3 Å². The van der Waals surface area contributed by atoms with E-state index in [-0.39, 0.29) is 18.2 Å². The fourth-order valence-corrected chi connectivity index (χ4v) is 3.45. The van der Waals surface area contributed by atoms with Crippen molar-refractivity contribution in [2.75, 3.05) is 25.2 Å². The Morgan fingerprint density at radius 2 is 1.66 bits per heavy atom. The maximum absolute atomic E-state index is 10.6. The van der Waals surface area contributed by atoms with E-state index in [9.17, 15) is 26.3 Å². The van der Waals surface area contributed by atoms with Gasteiger partial charge in [0.1, 0.15) is 24.4 Å². The second-order valence-electron chi connectivity index (χ2n) is 7.55. The summed E-state index contributed by atoms with van der Waals surface area (Å²) in [5, 5.41) is 14.2. The maximum Gasteiger partial charge on any atom is 0.490 e. The predicted octanol–water partition coefficient (Wildman–Crippen LogP) is 2.96. The van der Waals surface area contributed by atoms with Gasteiger partial charge in [-0.2, -0.15) is 26.3 Å². The van der Waals surface area contributed by atoms with Crippen molar-refractivity contribution in [3.63, 3.8) is 0 Å². The van der Waals surface area contributed by atoms with Crippen LogP contribution in [0.25, 0.3) is 0 Å². The average molecular weight is 556 g/mol. The summed E-state index contributed by atoms with van der Waals surface area (Å²) in [6, 6.07) is 7.76. The van der Waals surface area contributed by atoms with Crippen molar-refractivity contribution in [1.82, 2.24) is 15.0 Å². The maximum atomic E-state index is 10.6. The highest BCUT2D eigenvalue weighted by molar-refractivity contribution is 5.73. The van der Waals surface area contributed by atoms with E-state index >= 15 is 0 Å². The first-order valence-electron chi connectivity index (χ1n) is 10.7. The summed E-state index contributed by atoms with van der Waals surface area (Å²) >= 11 is 0. The molecule has 2 aromatic heterocycles. The molecule has 11 nitrogen and oxygen atoms in total. The largest absolute Gasteiger partial charge is 0.490 e. The number of rotatable bonds is 4. The molecular formula is C21H22F6N4O7. The SMILES string of the molecule is COc1cc(N2C[C@H](Oc3ccccn3)[C@H]3OCCC[C@H]32)ncn1.O=C(O)C(F)(F)F.O=C(O)C(F)(F)F. The first-order chi connectivity index (χ1) is 17.7. The van der Waals surface area contributed by atoms with E-state index < -0.39 is 24.3 Å². The molecule has 17 heteroatoms. The molecular weight excluding hydrogens is 534 g/mol. The molecule has 4 heterocycles. The van der Waals surface area contributed by atoms with Gasteiger partial charge in [-0.05, 0) is 18.9 Å². The molecule has 0 aliphatic carbocycles. The van der Waals surface area contributed by atoms with Crippen LogP contribution in [0.2, 0.25) is 0 Å². The number of pyridine rings is 1. The van der Waals surface area contributed by atoms with Gasteiger partial charge in [0.25, 0.3) is 0 Å². The van der Waals surface area contributed by atoms with Crippen molar-refractivity contribution >= 4 is 17.8 Å². The van der Waals surface area contributed by atoms with Gasteiger partial charge < -0.3 is 29.3 Å². The van der Waals surface area contributed by atoms with Gasteiger partial charge in [0.05, 0.1) is 19.7 Å². The quantitative estimate of drug-likeness (QED) is 0.537. The van der Waals surface area contributed by atoms with Crippen LogP contribution in [-0.4, -0.2) is 88.0 Å². The summed E-state index contributed by atoms with van der Waals surface area (Å²) in [7, 11) is 1.61. The van der Waals surface area contributed by atoms with E-state index in [0.29, 0.717) is 18.3 Å². The smallest absolute Gasteiger partial charge is 0.481 e. The van der Waals surface area contributed by atoms with Crippen molar-refractivity contribution < 1.29 is 60.4 Å². The Kier molecular flexibility index (Phi) is 10.4. The highest BCUT2D eigenvalue weighted by atomic mass is 19.4. The van der Waals surface area contributed by atoms with Crippen LogP contribution < -0.4 is 14.4 Å². The molecule has 0 amide bonds. The van der Waals surface area contributed by atoms with E-state index in [1.54, 1.807) is 13.3 Å². The zero-order valence-corrected chi connectivity index (χ0v) is 19.5. The molecule has 210 valence electrons. The molecule has 0 radical (unpaired) electrons. The number of fused-ring (bicyclic) bond motifs is 1. The van der Waals surface area contributed by atoms with Crippen molar-refractivity contribution in [3.05, 3.63) is 36.8 Å². The van der Waals surface area contributed by atoms with Gasteiger partial charge in [-0.1, -0.05) is 6.07 Å². The molecule has 2 saturated heterocycles. The molecule has 0 saturated carbocycles. The Labute approximate surface area is 211 Å². The fraction of sp³-hybridized carbons (Fsp3) is 0.476. The van der Waals surface area contributed by atoms with Crippen LogP contribution in [0.4, 0.5) is 32.2 Å². The van der Waals surface area contributed by atoms with Crippen LogP contribution in [0.1, 0.15) is 12.8 Å². The van der Waals surface area contributed by atoms with E-state index in [1.807, 2.05) is 24.3 Å². The van der Waals surface area contributed by atoms with Crippen LogP contribution in [0.3, 0.4) is 0 Å². The molecule has 0 spiro atoms. The van der Waals surface area contributed by atoms with Gasteiger partial charge in [-0.25, -0.2) is 24.5 Å². The molecule has 2 aliphatic heterocycles. The Balaban J connectivity index is 0.000000301. The molecule has 2 aromatic rings. The summed E-state index contributed by atoms with van der Waals surface area (Å²) in [4.78, 5) is 32.8. The Bertz CT molecular complexity index is 1030. The van der Waals surface area contributed by atoms with Crippen molar-refractivity contribution in [2.45, 2.75) is 43.4 Å². The van der Waals surface area contributed by atoms with Crippen molar-refractivity contribution in [1.29, 1.82) is 0 Å². The standard InChI is InChI=1S/C17H20N4O3.2C2HF3O2/c1-22-16-9-14(19-11-20-16)21-10-13(17-12(21)5-4-8-23-17)24-15-6-2-3-7-18-15;2*3-2(4,5)1(6)7/h2-3,6-7,9,11-13,17H,4-5,8,10H2,1H3;2*(H,6,7)/t12-,13+,17+;;/m1../s1. The number of ether oxygens (including phenoxy) is 3. The fourth-order valence-electron chi connectivity index (χ4n) is 3.45. The van der Waals surface area contributed by atoms with Gasteiger partial charge in [0.2, 0.25) is 11.8 Å². The highest BCUT2D eigenvalue weighted by Gasteiger charge is 2.46. The summed E-state index contributed by atoms with van der Waals surface area (Å²) in [6.45, 7) is 1.47. The van der Waals surface area contributed by atoms with E-state index in [2.05, 4.69) is 19.9 Å². The number of alkyl halides is 6. The number of nitrogens with zero attached hydrogens (tertiary/aromatic N) is 4.